The monoisotopic (exact) mass is 610 g/mol. The second-order valence-corrected chi connectivity index (χ2v) is 16.0. The van der Waals surface area contributed by atoms with Crippen LogP contribution in [0.5, 0.6) is 0 Å². The standard InChI is InChI=1S/C18H31NO3.C14H23NO4S/c1-6-7-8-19-15(20)11-18-13-9-12(16(13,2)3)10-14(18)21-17(4,5)22-18;1-12(2)8-5-9(12)14(7-11(16)18-15-20)10(6-8)17-13(3,4)19-14/h12-14H,6-11H2,1-5H3,(H,19,20);8-10,15,20H,5-7H2,1-4H3/t12?,13?,14?,18-;8?,9?,10?,14-/m11/s1. The Bertz CT molecular complexity index is 1060. The predicted molar refractivity (Wildman–Crippen MR) is 161 cm³/mol. The smallest absolute Gasteiger partial charge is 0.328 e. The Kier molecular flexibility index (Phi) is 8.40. The molecule has 6 aliphatic carbocycles. The van der Waals surface area contributed by atoms with Gasteiger partial charge < -0.3 is 29.1 Å². The summed E-state index contributed by atoms with van der Waals surface area (Å²) in [6.07, 6.45) is 7.05. The molecule has 240 valence electrons. The van der Waals surface area contributed by atoms with Crippen molar-refractivity contribution in [2.24, 2.45) is 34.5 Å². The fraction of sp³-hybridized carbons (Fsp3) is 0.938. The van der Waals surface area contributed by atoms with E-state index in [0.717, 1.165) is 38.6 Å². The Morgan fingerprint density at radius 2 is 1.26 bits per heavy atom. The number of hydrogen-bond donors (Lipinski definition) is 3. The molecule has 2 heterocycles. The summed E-state index contributed by atoms with van der Waals surface area (Å²) >= 11 is 3.71. The number of ether oxygens (including phenoxy) is 4. The Balaban J connectivity index is 0.000000169. The van der Waals surface area contributed by atoms with E-state index in [4.69, 9.17) is 23.8 Å². The second kappa shape index (κ2) is 10.9. The first kappa shape index (κ1) is 32.5. The van der Waals surface area contributed by atoms with Crippen molar-refractivity contribution < 1.29 is 33.4 Å². The second-order valence-electron chi connectivity index (χ2n) is 15.8. The van der Waals surface area contributed by atoms with E-state index < -0.39 is 22.8 Å². The van der Waals surface area contributed by atoms with Crippen molar-refractivity contribution in [1.82, 2.24) is 10.2 Å². The van der Waals surface area contributed by atoms with E-state index in [9.17, 15) is 9.59 Å². The Morgan fingerprint density at radius 1 is 0.786 bits per heavy atom. The van der Waals surface area contributed by atoms with Crippen LogP contribution in [0.3, 0.4) is 0 Å². The zero-order valence-corrected chi connectivity index (χ0v) is 28.0. The van der Waals surface area contributed by atoms with Crippen molar-refractivity contribution in [3.63, 3.8) is 0 Å². The summed E-state index contributed by atoms with van der Waals surface area (Å²) in [7, 11) is 0. The van der Waals surface area contributed by atoms with Crippen molar-refractivity contribution in [1.29, 1.82) is 0 Å². The van der Waals surface area contributed by atoms with Crippen LogP contribution in [0.25, 0.3) is 0 Å². The first-order valence-electron chi connectivity index (χ1n) is 16.0. The normalized spacial score (nSPS) is 42.0. The Morgan fingerprint density at radius 3 is 1.69 bits per heavy atom. The molecule has 1 amide bonds. The number of hydrogen-bond acceptors (Lipinski definition) is 9. The lowest BCUT2D eigenvalue weighted by Gasteiger charge is -2.64. The predicted octanol–water partition coefficient (Wildman–Crippen LogP) is 5.47. The number of amides is 1. The highest BCUT2D eigenvalue weighted by Crippen LogP contribution is 2.69. The van der Waals surface area contributed by atoms with E-state index in [2.05, 4.69) is 57.6 Å². The molecule has 8 fully saturated rings. The molecular weight excluding hydrogens is 556 g/mol. The lowest BCUT2D eigenvalue weighted by atomic mass is 9.43. The molecule has 4 bridgehead atoms. The van der Waals surface area contributed by atoms with Crippen LogP contribution in [0.1, 0.15) is 114 Å². The van der Waals surface area contributed by atoms with Crippen LogP contribution in [-0.4, -0.2) is 53.4 Å². The molecule has 8 atom stereocenters. The summed E-state index contributed by atoms with van der Waals surface area (Å²) in [6, 6.07) is 0. The molecule has 0 radical (unpaired) electrons. The number of unbranched alkanes of at least 4 members (excludes halogenated alkanes) is 1. The number of nitrogens with one attached hydrogen (secondary N) is 2. The molecule has 8 rings (SSSR count). The third kappa shape index (κ3) is 5.34. The van der Waals surface area contributed by atoms with E-state index >= 15 is 0 Å². The minimum Gasteiger partial charge on any atom is -0.360 e. The molecule has 2 saturated heterocycles. The maximum atomic E-state index is 12.5. The lowest BCUT2D eigenvalue weighted by molar-refractivity contribution is -0.234. The molecule has 42 heavy (non-hydrogen) atoms. The summed E-state index contributed by atoms with van der Waals surface area (Å²) in [5.41, 5.74) is -0.555. The summed E-state index contributed by atoms with van der Waals surface area (Å²) in [5, 5.41) is 3.06. The molecule has 8 aliphatic rings. The fourth-order valence-electron chi connectivity index (χ4n) is 9.65. The minimum atomic E-state index is -0.646. The molecule has 0 aromatic carbocycles. The summed E-state index contributed by atoms with van der Waals surface area (Å²) in [5.74, 6) is 0.636. The number of carbonyl (C=O) groups is 2. The van der Waals surface area contributed by atoms with Crippen molar-refractivity contribution >= 4 is 24.7 Å². The minimum absolute atomic E-state index is 0.0262. The van der Waals surface area contributed by atoms with Crippen LogP contribution >= 0.6 is 12.8 Å². The van der Waals surface area contributed by atoms with Crippen LogP contribution in [0.2, 0.25) is 0 Å². The molecule has 0 spiro atoms. The van der Waals surface area contributed by atoms with Gasteiger partial charge in [-0.2, -0.15) is 0 Å². The maximum Gasteiger partial charge on any atom is 0.328 e. The van der Waals surface area contributed by atoms with Crippen LogP contribution < -0.4 is 10.2 Å². The molecule has 0 aromatic rings. The molecule has 6 unspecified atom stereocenters. The number of thiol groups is 1. The molecule has 10 heteroatoms. The van der Waals surface area contributed by atoms with Gasteiger partial charge in [0.2, 0.25) is 5.91 Å². The zero-order valence-electron chi connectivity index (χ0n) is 27.1. The highest BCUT2D eigenvalue weighted by atomic mass is 32.1. The van der Waals surface area contributed by atoms with E-state index in [0.29, 0.717) is 30.1 Å². The number of carbonyl (C=O) groups excluding carboxylic acids is 2. The largest absolute Gasteiger partial charge is 0.360 e. The zero-order chi connectivity index (χ0) is 30.9. The third-order valence-corrected chi connectivity index (χ3v) is 11.9. The van der Waals surface area contributed by atoms with Gasteiger partial charge in [-0.15, -0.1) is 0 Å². The summed E-state index contributed by atoms with van der Waals surface area (Å²) in [6.45, 7) is 19.9. The topological polar surface area (TPSA) is 104 Å². The highest BCUT2D eigenvalue weighted by Gasteiger charge is 2.72. The van der Waals surface area contributed by atoms with Crippen molar-refractivity contribution in [3.8, 4) is 0 Å². The quantitative estimate of drug-likeness (QED) is 0.189. The van der Waals surface area contributed by atoms with Crippen LogP contribution in [0.4, 0.5) is 0 Å². The van der Waals surface area contributed by atoms with Crippen LogP contribution in [-0.2, 0) is 33.4 Å². The molecule has 2 aliphatic heterocycles. The van der Waals surface area contributed by atoms with Gasteiger partial charge in [-0.3, -0.25) is 9.59 Å². The Labute approximate surface area is 257 Å². The highest BCUT2D eigenvalue weighted by molar-refractivity contribution is 7.77. The van der Waals surface area contributed by atoms with Gasteiger partial charge in [-0.05, 0) is 94.3 Å². The fourth-order valence-corrected chi connectivity index (χ4v) is 9.75. The van der Waals surface area contributed by atoms with Gasteiger partial charge in [-0.25, -0.2) is 0 Å². The van der Waals surface area contributed by atoms with Gasteiger partial charge in [0.25, 0.3) is 0 Å². The Hall–Kier alpha value is -0.910. The van der Waals surface area contributed by atoms with Gasteiger partial charge in [0.15, 0.2) is 11.6 Å². The van der Waals surface area contributed by atoms with Gasteiger partial charge in [0, 0.05) is 6.54 Å². The third-order valence-electron chi connectivity index (χ3n) is 11.8. The van der Waals surface area contributed by atoms with Gasteiger partial charge in [0.1, 0.15) is 11.2 Å². The average molecular weight is 611 g/mol. The van der Waals surface area contributed by atoms with Crippen molar-refractivity contribution in [2.45, 2.75) is 149 Å². The van der Waals surface area contributed by atoms with Crippen molar-refractivity contribution in [3.05, 3.63) is 0 Å². The van der Waals surface area contributed by atoms with Crippen LogP contribution in [0.15, 0.2) is 0 Å². The van der Waals surface area contributed by atoms with Crippen LogP contribution in [0, 0.1) is 34.5 Å². The first-order chi connectivity index (χ1) is 19.4. The molecule has 9 nitrogen and oxygen atoms in total. The summed E-state index contributed by atoms with van der Waals surface area (Å²) < 4.78 is 24.9. The lowest BCUT2D eigenvalue weighted by Crippen LogP contribution is -2.67. The SMILES string of the molecule is CC1(C)OC2CC3CC(C3(C)C)[C@@]2(CC(=O)ONS)O1.CCCCNC(=O)C[C@]12OC(C)(C)OC1CC1CC2C1(C)C. The van der Waals surface area contributed by atoms with Crippen molar-refractivity contribution in [2.75, 3.05) is 6.54 Å². The molecular formula is C32H54N2O7S. The van der Waals surface area contributed by atoms with E-state index in [1.165, 1.54) is 6.42 Å². The van der Waals surface area contributed by atoms with E-state index in [-0.39, 0.29) is 41.3 Å². The van der Waals surface area contributed by atoms with Gasteiger partial charge in [-0.1, -0.05) is 58.7 Å². The van der Waals surface area contributed by atoms with Gasteiger partial charge in [0.05, 0.1) is 25.0 Å². The maximum absolute atomic E-state index is 12.5. The summed E-state index contributed by atoms with van der Waals surface area (Å²) in [4.78, 5) is 31.4. The van der Waals surface area contributed by atoms with E-state index in [1.54, 1.807) is 0 Å². The molecule has 0 aromatic heterocycles. The molecule has 6 saturated carbocycles. The van der Waals surface area contributed by atoms with Gasteiger partial charge >= 0.3 is 5.97 Å². The number of rotatable bonds is 8. The average Bonchev–Trinajstić information content (AvgIpc) is 3.30. The van der Waals surface area contributed by atoms with E-state index in [1.807, 2.05) is 27.7 Å². The first-order valence-corrected chi connectivity index (χ1v) is 16.5. The molecule has 2 N–H and O–H groups in total.